The first kappa shape index (κ1) is 7.62. The standard InChI is InChI=1S/C10H13NO/c1-6-7-2-4-9(11)8(7)3-5-10(6)12/h3,5,9,12H,2,4,11H2,1H3. The first-order valence-electron chi connectivity index (χ1n) is 4.27. The van der Waals surface area contributed by atoms with Crippen molar-refractivity contribution >= 4 is 0 Å². The van der Waals surface area contributed by atoms with Gasteiger partial charge in [0.25, 0.3) is 0 Å². The Morgan fingerprint density at radius 3 is 3.00 bits per heavy atom. The van der Waals surface area contributed by atoms with Gasteiger partial charge in [0.15, 0.2) is 0 Å². The maximum atomic E-state index is 9.43. The van der Waals surface area contributed by atoms with Gasteiger partial charge in [-0.1, -0.05) is 6.07 Å². The van der Waals surface area contributed by atoms with E-state index in [4.69, 9.17) is 5.73 Å². The van der Waals surface area contributed by atoms with Gasteiger partial charge in [-0.3, -0.25) is 0 Å². The molecule has 0 heterocycles. The number of phenolic OH excluding ortho intramolecular Hbond substituents is 1. The number of aromatic hydroxyl groups is 1. The van der Waals surface area contributed by atoms with Crippen molar-refractivity contribution in [1.82, 2.24) is 0 Å². The monoisotopic (exact) mass is 163 g/mol. The van der Waals surface area contributed by atoms with Gasteiger partial charge in [-0.25, -0.2) is 0 Å². The molecule has 1 aromatic rings. The van der Waals surface area contributed by atoms with Crippen molar-refractivity contribution in [3.8, 4) is 5.75 Å². The Labute approximate surface area is 72.0 Å². The summed E-state index contributed by atoms with van der Waals surface area (Å²) in [4.78, 5) is 0. The molecule has 1 atom stereocenters. The van der Waals surface area contributed by atoms with Gasteiger partial charge in [0, 0.05) is 6.04 Å². The van der Waals surface area contributed by atoms with Crippen LogP contribution in [0.15, 0.2) is 12.1 Å². The minimum absolute atomic E-state index is 0.180. The van der Waals surface area contributed by atoms with Gasteiger partial charge in [-0.15, -0.1) is 0 Å². The third-order valence-corrected chi connectivity index (χ3v) is 2.71. The quantitative estimate of drug-likeness (QED) is 0.610. The van der Waals surface area contributed by atoms with E-state index in [2.05, 4.69) is 0 Å². The van der Waals surface area contributed by atoms with Gasteiger partial charge < -0.3 is 10.8 Å². The summed E-state index contributed by atoms with van der Waals surface area (Å²) in [6, 6.07) is 3.86. The molecule has 0 saturated carbocycles. The van der Waals surface area contributed by atoms with Crippen molar-refractivity contribution in [3.63, 3.8) is 0 Å². The van der Waals surface area contributed by atoms with Crippen LogP contribution < -0.4 is 5.73 Å². The van der Waals surface area contributed by atoms with Crippen LogP contribution in [0.5, 0.6) is 5.75 Å². The molecule has 1 aliphatic rings. The summed E-state index contributed by atoms with van der Waals surface area (Å²) >= 11 is 0. The molecular formula is C10H13NO. The van der Waals surface area contributed by atoms with Crippen molar-refractivity contribution in [3.05, 3.63) is 28.8 Å². The van der Waals surface area contributed by atoms with Crippen LogP contribution in [0.2, 0.25) is 0 Å². The molecule has 1 aromatic carbocycles. The third-order valence-electron chi connectivity index (χ3n) is 2.71. The summed E-state index contributed by atoms with van der Waals surface area (Å²) < 4.78 is 0. The number of fused-ring (bicyclic) bond motifs is 1. The van der Waals surface area contributed by atoms with Gasteiger partial charge >= 0.3 is 0 Å². The van der Waals surface area contributed by atoms with Gasteiger partial charge in [-0.05, 0) is 42.5 Å². The molecule has 64 valence electrons. The predicted octanol–water partition coefficient (Wildman–Crippen LogP) is 1.65. The van der Waals surface area contributed by atoms with E-state index in [0.717, 1.165) is 18.4 Å². The van der Waals surface area contributed by atoms with Crippen LogP contribution in [0.4, 0.5) is 0 Å². The topological polar surface area (TPSA) is 46.2 Å². The number of rotatable bonds is 0. The van der Waals surface area contributed by atoms with E-state index in [1.807, 2.05) is 13.0 Å². The number of hydrogen-bond acceptors (Lipinski definition) is 2. The van der Waals surface area contributed by atoms with E-state index in [1.54, 1.807) is 6.07 Å². The van der Waals surface area contributed by atoms with Crippen LogP contribution in [0, 0.1) is 6.92 Å². The molecule has 0 bridgehead atoms. The fourth-order valence-corrected chi connectivity index (χ4v) is 1.90. The maximum Gasteiger partial charge on any atom is 0.118 e. The minimum Gasteiger partial charge on any atom is -0.508 e. The number of nitrogens with two attached hydrogens (primary N) is 1. The predicted molar refractivity (Wildman–Crippen MR) is 48.1 cm³/mol. The summed E-state index contributed by atoms with van der Waals surface area (Å²) in [5.74, 6) is 0.392. The zero-order chi connectivity index (χ0) is 8.72. The van der Waals surface area contributed by atoms with Gasteiger partial charge in [-0.2, -0.15) is 0 Å². The van der Waals surface area contributed by atoms with Crippen molar-refractivity contribution in [2.24, 2.45) is 5.73 Å². The highest BCUT2D eigenvalue weighted by Gasteiger charge is 2.21. The van der Waals surface area contributed by atoms with E-state index in [0.29, 0.717) is 5.75 Å². The molecule has 0 fully saturated rings. The van der Waals surface area contributed by atoms with E-state index in [1.165, 1.54) is 11.1 Å². The molecule has 0 amide bonds. The van der Waals surface area contributed by atoms with Crippen LogP contribution in [-0.2, 0) is 6.42 Å². The molecule has 0 aliphatic heterocycles. The molecule has 0 saturated heterocycles. The highest BCUT2D eigenvalue weighted by atomic mass is 16.3. The van der Waals surface area contributed by atoms with Crippen molar-refractivity contribution in [2.45, 2.75) is 25.8 Å². The van der Waals surface area contributed by atoms with Gasteiger partial charge in [0.1, 0.15) is 5.75 Å². The van der Waals surface area contributed by atoms with Crippen molar-refractivity contribution < 1.29 is 5.11 Å². The Balaban J connectivity index is 2.60. The summed E-state index contributed by atoms with van der Waals surface area (Å²) in [6.07, 6.45) is 2.02. The van der Waals surface area contributed by atoms with Gasteiger partial charge in [0.05, 0.1) is 0 Å². The van der Waals surface area contributed by atoms with Crippen LogP contribution in [0.3, 0.4) is 0 Å². The smallest absolute Gasteiger partial charge is 0.118 e. The highest BCUT2D eigenvalue weighted by Crippen LogP contribution is 2.34. The lowest BCUT2D eigenvalue weighted by atomic mass is 10.0. The Morgan fingerprint density at radius 1 is 1.50 bits per heavy atom. The van der Waals surface area contributed by atoms with E-state index >= 15 is 0 Å². The molecule has 0 radical (unpaired) electrons. The maximum absolute atomic E-state index is 9.43. The molecule has 2 rings (SSSR count). The Morgan fingerprint density at radius 2 is 2.25 bits per heavy atom. The largest absolute Gasteiger partial charge is 0.508 e. The van der Waals surface area contributed by atoms with Gasteiger partial charge in [0.2, 0.25) is 0 Å². The second-order valence-electron chi connectivity index (χ2n) is 3.42. The van der Waals surface area contributed by atoms with E-state index < -0.39 is 0 Å². The average molecular weight is 163 g/mol. The second-order valence-corrected chi connectivity index (χ2v) is 3.42. The van der Waals surface area contributed by atoms with Crippen LogP contribution in [0.25, 0.3) is 0 Å². The van der Waals surface area contributed by atoms with Crippen LogP contribution >= 0.6 is 0 Å². The highest BCUT2D eigenvalue weighted by molar-refractivity contribution is 5.47. The molecule has 0 aromatic heterocycles. The first-order valence-corrected chi connectivity index (χ1v) is 4.27. The molecule has 2 heteroatoms. The third kappa shape index (κ3) is 0.916. The normalized spacial score (nSPS) is 21.0. The fourth-order valence-electron chi connectivity index (χ4n) is 1.90. The molecule has 0 spiro atoms. The van der Waals surface area contributed by atoms with E-state index in [-0.39, 0.29) is 6.04 Å². The molecule has 3 N–H and O–H groups in total. The summed E-state index contributed by atoms with van der Waals surface area (Å²) in [5, 5.41) is 9.43. The molecule has 2 nitrogen and oxygen atoms in total. The van der Waals surface area contributed by atoms with Crippen LogP contribution in [-0.4, -0.2) is 5.11 Å². The Bertz CT molecular complexity index is 320. The fraction of sp³-hybridized carbons (Fsp3) is 0.400. The summed E-state index contributed by atoms with van der Waals surface area (Å²) in [6.45, 7) is 1.95. The Kier molecular flexibility index (Phi) is 1.58. The number of hydrogen-bond donors (Lipinski definition) is 2. The number of phenols is 1. The van der Waals surface area contributed by atoms with Crippen molar-refractivity contribution in [1.29, 1.82) is 0 Å². The first-order chi connectivity index (χ1) is 5.70. The zero-order valence-corrected chi connectivity index (χ0v) is 7.17. The lowest BCUT2D eigenvalue weighted by Crippen LogP contribution is -2.04. The lowest BCUT2D eigenvalue weighted by Gasteiger charge is -2.07. The summed E-state index contributed by atoms with van der Waals surface area (Å²) in [7, 11) is 0. The number of benzene rings is 1. The Hall–Kier alpha value is -1.02. The van der Waals surface area contributed by atoms with Crippen LogP contribution in [0.1, 0.15) is 29.2 Å². The van der Waals surface area contributed by atoms with E-state index in [9.17, 15) is 5.11 Å². The zero-order valence-electron chi connectivity index (χ0n) is 7.17. The molecule has 1 aliphatic carbocycles. The lowest BCUT2D eigenvalue weighted by molar-refractivity contribution is 0.470. The summed E-state index contributed by atoms with van der Waals surface area (Å²) in [5.41, 5.74) is 9.35. The SMILES string of the molecule is Cc1c(O)ccc2c1CCC2N. The average Bonchev–Trinajstić information content (AvgIpc) is 2.41. The molecule has 1 unspecified atom stereocenters. The minimum atomic E-state index is 0.180. The van der Waals surface area contributed by atoms with Crippen molar-refractivity contribution in [2.75, 3.05) is 0 Å². The molecular weight excluding hydrogens is 150 g/mol. The second kappa shape index (κ2) is 2.49. The molecule has 12 heavy (non-hydrogen) atoms.